The number of benzene rings is 2. The van der Waals surface area contributed by atoms with E-state index in [0.717, 1.165) is 5.56 Å². The van der Waals surface area contributed by atoms with E-state index < -0.39 is 10.0 Å². The van der Waals surface area contributed by atoms with Gasteiger partial charge in [0, 0.05) is 17.6 Å². The van der Waals surface area contributed by atoms with E-state index >= 15 is 0 Å². The van der Waals surface area contributed by atoms with Crippen LogP contribution in [0.4, 0.5) is 0 Å². The molecule has 0 spiro atoms. The van der Waals surface area contributed by atoms with Crippen molar-refractivity contribution in [2.75, 3.05) is 20.6 Å². The van der Waals surface area contributed by atoms with E-state index in [2.05, 4.69) is 4.72 Å². The summed E-state index contributed by atoms with van der Waals surface area (Å²) in [6, 6.07) is 15.9. The summed E-state index contributed by atoms with van der Waals surface area (Å²) >= 11 is 5.79. The molecule has 2 rings (SSSR count). The molecule has 0 saturated heterocycles. The minimum Gasteiger partial charge on any atom is -0.301 e. The molecule has 0 saturated carbocycles. The molecule has 2 aromatic carbocycles. The minimum absolute atomic E-state index is 0. The van der Waals surface area contributed by atoms with Gasteiger partial charge in [-0.1, -0.05) is 41.9 Å². The van der Waals surface area contributed by atoms with Crippen molar-refractivity contribution in [2.45, 2.75) is 10.9 Å². The number of nitrogens with zero attached hydrogens (tertiary/aromatic N) is 1. The summed E-state index contributed by atoms with van der Waals surface area (Å²) in [5, 5.41) is 0.509. The number of rotatable bonds is 6. The van der Waals surface area contributed by atoms with Crippen molar-refractivity contribution < 1.29 is 8.42 Å². The molecule has 0 aliphatic rings. The quantitative estimate of drug-likeness (QED) is 0.843. The van der Waals surface area contributed by atoms with Gasteiger partial charge in [0.25, 0.3) is 0 Å². The van der Waals surface area contributed by atoms with Crippen molar-refractivity contribution in [3.05, 3.63) is 65.2 Å². The summed E-state index contributed by atoms with van der Waals surface area (Å²) in [6.45, 7) is 0.294. The number of halogens is 2. The van der Waals surface area contributed by atoms with Crippen LogP contribution in [0, 0.1) is 0 Å². The van der Waals surface area contributed by atoms with Crippen LogP contribution in [0.3, 0.4) is 0 Å². The first kappa shape index (κ1) is 19.9. The predicted octanol–water partition coefficient (Wildman–Crippen LogP) is 3.34. The maximum atomic E-state index is 12.3. The van der Waals surface area contributed by atoms with E-state index in [0.29, 0.717) is 11.6 Å². The molecule has 0 fully saturated rings. The monoisotopic (exact) mass is 374 g/mol. The highest BCUT2D eigenvalue weighted by atomic mass is 35.5. The Bertz CT molecular complexity index is 705. The third kappa shape index (κ3) is 5.48. The molecule has 0 aliphatic carbocycles. The van der Waals surface area contributed by atoms with Gasteiger partial charge in [0.1, 0.15) is 0 Å². The highest BCUT2D eigenvalue weighted by Crippen LogP contribution is 2.19. The molecule has 0 aliphatic heterocycles. The van der Waals surface area contributed by atoms with Crippen LogP contribution >= 0.6 is 24.0 Å². The van der Waals surface area contributed by atoms with Gasteiger partial charge >= 0.3 is 0 Å². The van der Waals surface area contributed by atoms with Crippen molar-refractivity contribution in [3.8, 4) is 0 Å². The molecule has 0 aromatic heterocycles. The Morgan fingerprint density at radius 1 is 1.04 bits per heavy atom. The molecular formula is C16H20Cl2N2O2S. The van der Waals surface area contributed by atoms with Crippen molar-refractivity contribution in [3.63, 3.8) is 0 Å². The fourth-order valence-electron chi connectivity index (χ4n) is 2.16. The normalized spacial score (nSPS) is 12.7. The maximum absolute atomic E-state index is 12.3. The molecule has 0 heterocycles. The SMILES string of the molecule is CN(C)C(CNS(=O)(=O)c1ccc(Cl)cc1)c1ccccc1.Cl. The van der Waals surface area contributed by atoms with E-state index in [-0.39, 0.29) is 23.3 Å². The first-order valence-electron chi connectivity index (χ1n) is 6.87. The second-order valence-corrected chi connectivity index (χ2v) is 7.40. The van der Waals surface area contributed by atoms with Crippen molar-refractivity contribution in [2.24, 2.45) is 0 Å². The molecule has 126 valence electrons. The Hall–Kier alpha value is -1.11. The van der Waals surface area contributed by atoms with Gasteiger partial charge in [0.15, 0.2) is 0 Å². The third-order valence-corrected chi connectivity index (χ3v) is 5.09. The fraction of sp³-hybridized carbons (Fsp3) is 0.250. The third-order valence-electron chi connectivity index (χ3n) is 3.40. The topological polar surface area (TPSA) is 49.4 Å². The highest BCUT2D eigenvalue weighted by Gasteiger charge is 2.19. The molecule has 0 bridgehead atoms. The Morgan fingerprint density at radius 2 is 1.61 bits per heavy atom. The number of likely N-dealkylation sites (N-methyl/N-ethyl adjacent to an activating group) is 1. The lowest BCUT2D eigenvalue weighted by atomic mass is 10.1. The Labute approximate surface area is 148 Å². The molecule has 1 atom stereocenters. The molecule has 4 nitrogen and oxygen atoms in total. The van der Waals surface area contributed by atoms with Crippen LogP contribution in [0.2, 0.25) is 5.02 Å². The zero-order chi connectivity index (χ0) is 16.2. The summed E-state index contributed by atoms with van der Waals surface area (Å²) in [6.07, 6.45) is 0. The van der Waals surface area contributed by atoms with E-state index in [1.807, 2.05) is 49.3 Å². The molecule has 0 radical (unpaired) electrons. The maximum Gasteiger partial charge on any atom is 0.240 e. The lowest BCUT2D eigenvalue weighted by Crippen LogP contribution is -2.34. The fourth-order valence-corrected chi connectivity index (χ4v) is 3.32. The van der Waals surface area contributed by atoms with Gasteiger partial charge in [-0.25, -0.2) is 13.1 Å². The van der Waals surface area contributed by atoms with Gasteiger partial charge in [0.2, 0.25) is 10.0 Å². The largest absolute Gasteiger partial charge is 0.301 e. The standard InChI is InChI=1S/C16H19ClN2O2S.ClH/c1-19(2)16(13-6-4-3-5-7-13)12-18-22(20,21)15-10-8-14(17)9-11-15;/h3-11,16,18H,12H2,1-2H3;1H. The molecule has 7 heteroatoms. The van der Waals surface area contributed by atoms with Crippen LogP contribution in [0.15, 0.2) is 59.5 Å². The average molecular weight is 375 g/mol. The summed E-state index contributed by atoms with van der Waals surface area (Å²) in [5.74, 6) is 0. The number of hydrogen-bond acceptors (Lipinski definition) is 3. The van der Waals surface area contributed by atoms with E-state index in [1.165, 1.54) is 12.1 Å². The van der Waals surface area contributed by atoms with E-state index in [1.54, 1.807) is 12.1 Å². The zero-order valence-electron chi connectivity index (χ0n) is 12.9. The van der Waals surface area contributed by atoms with Crippen LogP contribution in [-0.4, -0.2) is 34.0 Å². The van der Waals surface area contributed by atoms with Crippen LogP contribution in [0.5, 0.6) is 0 Å². The summed E-state index contributed by atoms with van der Waals surface area (Å²) in [4.78, 5) is 2.20. The summed E-state index contributed by atoms with van der Waals surface area (Å²) in [5.41, 5.74) is 1.06. The lowest BCUT2D eigenvalue weighted by molar-refractivity contribution is 0.299. The van der Waals surface area contributed by atoms with Gasteiger partial charge in [-0.2, -0.15) is 0 Å². The van der Waals surface area contributed by atoms with E-state index in [9.17, 15) is 8.42 Å². The minimum atomic E-state index is -3.55. The smallest absolute Gasteiger partial charge is 0.240 e. The molecule has 1 N–H and O–H groups in total. The predicted molar refractivity (Wildman–Crippen MR) is 96.8 cm³/mol. The van der Waals surface area contributed by atoms with Gasteiger partial charge in [-0.15, -0.1) is 12.4 Å². The Kier molecular flexibility index (Phi) is 7.51. The average Bonchev–Trinajstić information content (AvgIpc) is 2.48. The Balaban J connectivity index is 0.00000264. The summed E-state index contributed by atoms with van der Waals surface area (Å²) < 4.78 is 27.3. The van der Waals surface area contributed by atoms with Crippen molar-refractivity contribution >= 4 is 34.0 Å². The first-order valence-corrected chi connectivity index (χ1v) is 8.73. The van der Waals surface area contributed by atoms with Gasteiger partial charge < -0.3 is 4.90 Å². The highest BCUT2D eigenvalue weighted by molar-refractivity contribution is 7.89. The van der Waals surface area contributed by atoms with Gasteiger partial charge in [-0.3, -0.25) is 0 Å². The summed E-state index contributed by atoms with van der Waals surface area (Å²) in [7, 11) is 0.301. The van der Waals surface area contributed by atoms with Crippen LogP contribution in [0.1, 0.15) is 11.6 Å². The molecule has 23 heavy (non-hydrogen) atoms. The number of sulfonamides is 1. The van der Waals surface area contributed by atoms with Crippen molar-refractivity contribution in [1.29, 1.82) is 0 Å². The zero-order valence-corrected chi connectivity index (χ0v) is 15.3. The molecule has 2 aromatic rings. The first-order chi connectivity index (χ1) is 10.4. The molecule has 1 unspecified atom stereocenters. The van der Waals surface area contributed by atoms with Crippen LogP contribution < -0.4 is 4.72 Å². The van der Waals surface area contributed by atoms with Crippen LogP contribution in [0.25, 0.3) is 0 Å². The molecular weight excluding hydrogens is 355 g/mol. The van der Waals surface area contributed by atoms with Gasteiger partial charge in [0.05, 0.1) is 4.90 Å². The number of nitrogens with one attached hydrogen (secondary N) is 1. The lowest BCUT2D eigenvalue weighted by Gasteiger charge is -2.25. The van der Waals surface area contributed by atoms with Gasteiger partial charge in [-0.05, 0) is 43.9 Å². The number of hydrogen-bond donors (Lipinski definition) is 1. The van der Waals surface area contributed by atoms with Crippen LogP contribution in [-0.2, 0) is 10.0 Å². The second kappa shape index (κ2) is 8.66. The second-order valence-electron chi connectivity index (χ2n) is 5.20. The van der Waals surface area contributed by atoms with Crippen molar-refractivity contribution in [1.82, 2.24) is 9.62 Å². The van der Waals surface area contributed by atoms with E-state index in [4.69, 9.17) is 11.6 Å². The molecule has 0 amide bonds. The Morgan fingerprint density at radius 3 is 2.13 bits per heavy atom.